The smallest absolute Gasteiger partial charge is 0.0893 e. The molecule has 6 aromatic carbocycles. The summed E-state index contributed by atoms with van der Waals surface area (Å²) in [7, 11) is 0. The van der Waals surface area contributed by atoms with Crippen molar-refractivity contribution in [3.63, 3.8) is 0 Å². The highest BCUT2D eigenvalue weighted by Crippen LogP contribution is 2.41. The Kier molecular flexibility index (Phi) is 9.99. The summed E-state index contributed by atoms with van der Waals surface area (Å²) in [4.78, 5) is 19.0. The average molecular weight is 815 g/mol. The van der Waals surface area contributed by atoms with Crippen molar-refractivity contribution < 1.29 is 0 Å². The Morgan fingerprint density at radius 3 is 1.31 bits per heavy atom. The van der Waals surface area contributed by atoms with Gasteiger partial charge in [0.25, 0.3) is 0 Å². The van der Waals surface area contributed by atoms with Crippen LogP contribution in [-0.4, -0.2) is 19.9 Å². The van der Waals surface area contributed by atoms with Crippen LogP contribution in [0, 0.1) is 23.7 Å². The van der Waals surface area contributed by atoms with E-state index in [4.69, 9.17) is 9.97 Å². The number of hydrogen-bond acceptors (Lipinski definition) is 2. The maximum atomic E-state index is 5.65. The Morgan fingerprint density at radius 1 is 0.344 bits per heavy atom. The zero-order valence-corrected chi connectivity index (χ0v) is 34.7. The zero-order valence-electron chi connectivity index (χ0n) is 34.7. The minimum atomic E-state index is 0.763. The molecule has 0 unspecified atom stereocenters. The lowest BCUT2D eigenvalue weighted by atomic mass is 9.99. The maximum absolute atomic E-state index is 5.65. The molecule has 4 nitrogen and oxygen atoms in total. The molecule has 2 N–H and O–H groups in total. The van der Waals surface area contributed by atoms with E-state index >= 15 is 0 Å². The van der Waals surface area contributed by atoms with E-state index in [0.29, 0.717) is 0 Å². The highest BCUT2D eigenvalue weighted by molar-refractivity contribution is 6.06. The van der Waals surface area contributed by atoms with Gasteiger partial charge in [0.05, 0.1) is 39.4 Å². The molecule has 0 amide bonds. The van der Waals surface area contributed by atoms with E-state index in [1.54, 1.807) is 0 Å². The molecule has 11 rings (SSSR count). The van der Waals surface area contributed by atoms with Gasteiger partial charge in [-0.2, -0.15) is 0 Å². The molecule has 5 heterocycles. The first-order valence-corrected chi connectivity index (χ1v) is 21.3. The first-order chi connectivity index (χ1) is 31.7. The Hall–Kier alpha value is -8.96. The van der Waals surface area contributed by atoms with Crippen LogP contribution in [0.15, 0.2) is 200 Å². The highest BCUT2D eigenvalue weighted by Gasteiger charge is 2.23. The van der Waals surface area contributed by atoms with Gasteiger partial charge >= 0.3 is 0 Å². The quantitative estimate of drug-likeness (QED) is 0.174. The predicted octanol–water partition coefficient (Wildman–Crippen LogP) is 14.1. The molecule has 0 saturated heterocycles. The lowest BCUT2D eigenvalue weighted by Gasteiger charge is -2.07. The van der Waals surface area contributed by atoms with Crippen molar-refractivity contribution in [3.8, 4) is 68.2 Å². The molecule has 2 aliphatic rings. The highest BCUT2D eigenvalue weighted by atomic mass is 14.8. The second-order valence-electron chi connectivity index (χ2n) is 15.6. The molecule has 9 aromatic rings. The van der Waals surface area contributed by atoms with Gasteiger partial charge in [-0.05, 0) is 82.9 Å². The maximum Gasteiger partial charge on any atom is 0.0893 e. The van der Waals surface area contributed by atoms with Crippen LogP contribution >= 0.6 is 0 Å². The van der Waals surface area contributed by atoms with Gasteiger partial charge in [0, 0.05) is 49.9 Å². The van der Waals surface area contributed by atoms with Crippen LogP contribution in [-0.2, 0) is 0 Å². The van der Waals surface area contributed by atoms with Crippen molar-refractivity contribution in [2.75, 3.05) is 0 Å². The summed E-state index contributed by atoms with van der Waals surface area (Å²) >= 11 is 0. The zero-order chi connectivity index (χ0) is 42.7. The van der Waals surface area contributed by atoms with E-state index < -0.39 is 0 Å². The van der Waals surface area contributed by atoms with Gasteiger partial charge in [0.1, 0.15) is 0 Å². The van der Waals surface area contributed by atoms with Crippen molar-refractivity contribution in [1.29, 1.82) is 0 Å². The minimum absolute atomic E-state index is 0.763. The van der Waals surface area contributed by atoms with E-state index in [2.05, 4.69) is 167 Å². The van der Waals surface area contributed by atoms with Crippen molar-refractivity contribution in [2.45, 2.75) is 0 Å². The summed E-state index contributed by atoms with van der Waals surface area (Å²) < 4.78 is 0. The first-order valence-electron chi connectivity index (χ1n) is 21.3. The summed E-state index contributed by atoms with van der Waals surface area (Å²) in [5.74, 6) is 14.1. The van der Waals surface area contributed by atoms with Crippen LogP contribution in [0.3, 0.4) is 0 Å². The fraction of sp³-hybridized carbons (Fsp3) is 0. The molecule has 4 heteroatoms. The van der Waals surface area contributed by atoms with E-state index in [1.807, 2.05) is 84.9 Å². The number of allylic oxidation sites excluding steroid dienone is 1. The Labute approximate surface area is 372 Å². The number of H-pyrrole nitrogens is 2. The third-order valence-corrected chi connectivity index (χ3v) is 11.5. The number of nitrogens with zero attached hydrogens (tertiary/aromatic N) is 2. The number of hydrogen-bond donors (Lipinski definition) is 2. The van der Waals surface area contributed by atoms with Crippen molar-refractivity contribution in [2.24, 2.45) is 0 Å². The number of rotatable bonds is 4. The number of fused-ring (bicyclic) bond motifs is 8. The molecular formula is C60H38N4. The van der Waals surface area contributed by atoms with Crippen LogP contribution in [0.1, 0.15) is 39.5 Å². The number of benzene rings is 6. The van der Waals surface area contributed by atoms with Crippen molar-refractivity contribution >= 4 is 45.9 Å². The summed E-state index contributed by atoms with van der Waals surface area (Å²) in [5.41, 5.74) is 18.2. The molecular weight excluding hydrogens is 777 g/mol. The van der Waals surface area contributed by atoms with Crippen LogP contribution < -0.4 is 0 Å². The number of aromatic amines is 2. The molecule has 3 aromatic heterocycles. The molecule has 0 radical (unpaired) electrons. The van der Waals surface area contributed by atoms with Crippen LogP contribution in [0.2, 0.25) is 0 Å². The van der Waals surface area contributed by atoms with E-state index in [9.17, 15) is 0 Å². The monoisotopic (exact) mass is 814 g/mol. The SMILES string of the molecule is C(#Cc1ccccc1)C1=Cc2nc1c(-c1ccccc1)c1cc(C#Cc3ccccc3)c([nH]1)c(-c1ccccc1)c1nc(c(-c3ccccc3)c3ccc([nH]3)c2-c2ccccc2)C=C1. The van der Waals surface area contributed by atoms with Crippen molar-refractivity contribution in [3.05, 3.63) is 240 Å². The Balaban J connectivity index is 1.37. The topological polar surface area (TPSA) is 57.4 Å². The predicted molar refractivity (Wildman–Crippen MR) is 265 cm³/mol. The molecule has 8 bridgehead atoms. The largest absolute Gasteiger partial charge is 0.354 e. The van der Waals surface area contributed by atoms with E-state index in [-0.39, 0.29) is 0 Å². The van der Waals surface area contributed by atoms with E-state index in [0.717, 1.165) is 112 Å². The van der Waals surface area contributed by atoms with Crippen LogP contribution in [0.4, 0.5) is 0 Å². The lowest BCUT2D eigenvalue weighted by molar-refractivity contribution is 1.31. The van der Waals surface area contributed by atoms with Gasteiger partial charge < -0.3 is 9.97 Å². The standard InChI is InChI=1S/C60H38N4/c1-7-19-41(20-8-1)31-33-47-39-53-56(44-25-13-4-14-26-44)51-36-35-49(61-51)55(43-23-11-3-12-24-43)50-37-38-52(62-50)57(45-27-15-5-16-28-45)59-48(34-32-42-21-9-2-10-22-42)40-54(64-59)58(60(47)63-53)46-29-17-6-18-30-46/h1-30,35-40,61,64H. The molecule has 0 aliphatic carbocycles. The molecule has 0 spiro atoms. The summed E-state index contributed by atoms with van der Waals surface area (Å²) in [6.07, 6.45) is 6.40. The van der Waals surface area contributed by atoms with Gasteiger partial charge in [0.15, 0.2) is 0 Å². The third-order valence-electron chi connectivity index (χ3n) is 11.5. The first kappa shape index (κ1) is 38.0. The lowest BCUT2D eigenvalue weighted by Crippen LogP contribution is -1.91. The summed E-state index contributed by atoms with van der Waals surface area (Å²) in [5, 5.41) is 0. The summed E-state index contributed by atoms with van der Waals surface area (Å²) in [6.45, 7) is 0. The summed E-state index contributed by atoms with van der Waals surface area (Å²) in [6, 6.07) is 68.6. The second-order valence-corrected chi connectivity index (χ2v) is 15.6. The van der Waals surface area contributed by atoms with Gasteiger partial charge in [-0.3, -0.25) is 0 Å². The van der Waals surface area contributed by atoms with Crippen molar-refractivity contribution in [1.82, 2.24) is 19.9 Å². The Morgan fingerprint density at radius 2 is 0.781 bits per heavy atom. The fourth-order valence-corrected chi connectivity index (χ4v) is 8.51. The van der Waals surface area contributed by atoms with E-state index in [1.165, 1.54) is 0 Å². The van der Waals surface area contributed by atoms with Gasteiger partial charge in [-0.1, -0.05) is 181 Å². The van der Waals surface area contributed by atoms with Gasteiger partial charge in [0.2, 0.25) is 0 Å². The van der Waals surface area contributed by atoms with Gasteiger partial charge in [-0.25, -0.2) is 9.97 Å². The second kappa shape index (κ2) is 16.8. The molecule has 0 saturated carbocycles. The number of nitrogens with one attached hydrogen (secondary N) is 2. The normalized spacial score (nSPS) is 11.5. The minimum Gasteiger partial charge on any atom is -0.354 e. The fourth-order valence-electron chi connectivity index (χ4n) is 8.51. The third kappa shape index (κ3) is 7.43. The molecule has 298 valence electrons. The Bertz CT molecular complexity index is 3560. The molecule has 0 atom stereocenters. The van der Waals surface area contributed by atoms with Crippen LogP contribution in [0.5, 0.6) is 0 Å². The van der Waals surface area contributed by atoms with Gasteiger partial charge in [-0.15, -0.1) is 0 Å². The molecule has 64 heavy (non-hydrogen) atoms. The molecule has 0 fully saturated rings. The number of aromatic nitrogens is 4. The van der Waals surface area contributed by atoms with Crippen LogP contribution in [0.25, 0.3) is 90.4 Å². The average Bonchev–Trinajstić information content (AvgIpc) is 4.19. The molecule has 2 aliphatic heterocycles.